The van der Waals surface area contributed by atoms with E-state index in [-0.39, 0.29) is 52.1 Å². The van der Waals surface area contributed by atoms with E-state index in [0.717, 1.165) is 76.1 Å². The van der Waals surface area contributed by atoms with Crippen LogP contribution < -0.4 is 41.7 Å². The van der Waals surface area contributed by atoms with Crippen LogP contribution in [0.1, 0.15) is 133 Å². The summed E-state index contributed by atoms with van der Waals surface area (Å²) in [5.74, 6) is 2.86. The molecule has 16 nitrogen and oxygen atoms in total. The summed E-state index contributed by atoms with van der Waals surface area (Å²) in [4.78, 5) is 44.8. The third-order valence-corrected chi connectivity index (χ3v) is 13.1. The van der Waals surface area contributed by atoms with Gasteiger partial charge in [0.1, 0.15) is 12.7 Å². The molecule has 5 heterocycles. The van der Waals surface area contributed by atoms with Crippen LogP contribution in [0.15, 0.2) is 12.7 Å². The van der Waals surface area contributed by atoms with Crippen molar-refractivity contribution in [3.05, 3.63) is 12.7 Å². The van der Waals surface area contributed by atoms with Crippen LogP contribution in [0, 0.1) is 0 Å². The van der Waals surface area contributed by atoms with Gasteiger partial charge in [-0.3, -0.25) is 9.80 Å². The quantitative estimate of drug-likeness (QED) is 0.155. The van der Waals surface area contributed by atoms with Gasteiger partial charge in [-0.15, -0.1) is 0 Å². The second-order valence-corrected chi connectivity index (χ2v) is 21.2. The van der Waals surface area contributed by atoms with E-state index in [1.165, 1.54) is 0 Å². The molecule has 3 aliphatic heterocycles. The fourth-order valence-corrected chi connectivity index (χ4v) is 11.6. The maximum atomic E-state index is 6.30. The molecular formula is C44H84N16. The van der Waals surface area contributed by atoms with Gasteiger partial charge in [0.15, 0.2) is 0 Å². The highest BCUT2D eigenvalue weighted by molar-refractivity contribution is 5.48. The molecule has 0 aromatic carbocycles. The van der Waals surface area contributed by atoms with Crippen molar-refractivity contribution in [1.29, 1.82) is 0 Å². The molecule has 2 aromatic heterocycles. The van der Waals surface area contributed by atoms with Gasteiger partial charge < -0.3 is 41.7 Å². The van der Waals surface area contributed by atoms with Gasteiger partial charge in [-0.2, -0.15) is 9.97 Å². The first-order chi connectivity index (χ1) is 28.1. The van der Waals surface area contributed by atoms with Crippen molar-refractivity contribution in [2.24, 2.45) is 11.5 Å². The van der Waals surface area contributed by atoms with Crippen molar-refractivity contribution in [3.8, 4) is 0 Å². The monoisotopic (exact) mass is 837 g/mol. The largest absolute Gasteiger partial charge is 0.337 e. The Hall–Kier alpha value is -3.02. The lowest BCUT2D eigenvalue weighted by Crippen LogP contribution is -2.65. The molecule has 3 aliphatic rings. The average molecular weight is 837 g/mol. The first kappa shape index (κ1) is 48.0. The number of nitrogens with two attached hydrogens (primary N) is 2. The van der Waals surface area contributed by atoms with E-state index in [4.69, 9.17) is 41.4 Å². The zero-order valence-electron chi connectivity index (χ0n) is 40.1. The number of piperazine rings is 1. The fourth-order valence-electron chi connectivity index (χ4n) is 11.6. The molecular weight excluding hydrogens is 753 g/mol. The summed E-state index contributed by atoms with van der Waals surface area (Å²) in [6.45, 7) is 26.2. The van der Waals surface area contributed by atoms with Gasteiger partial charge in [0, 0.05) is 53.9 Å². The summed E-state index contributed by atoms with van der Waals surface area (Å²) in [6.07, 6.45) is 12.9. The Morgan fingerprint density at radius 2 is 1.03 bits per heavy atom. The van der Waals surface area contributed by atoms with Crippen molar-refractivity contribution in [2.75, 3.05) is 80.5 Å². The first-order valence-corrected chi connectivity index (χ1v) is 22.9. The van der Waals surface area contributed by atoms with Crippen LogP contribution >= 0.6 is 0 Å². The van der Waals surface area contributed by atoms with Gasteiger partial charge in [0.2, 0.25) is 23.8 Å². The van der Waals surface area contributed by atoms with Crippen LogP contribution in [-0.4, -0.2) is 153 Å². The maximum Gasteiger partial charge on any atom is 0.231 e. The van der Waals surface area contributed by atoms with E-state index in [0.29, 0.717) is 44.6 Å². The molecule has 3 saturated heterocycles. The number of hydrogen-bond acceptors (Lipinski definition) is 16. The minimum atomic E-state index is -0.365. The van der Waals surface area contributed by atoms with Gasteiger partial charge in [-0.1, -0.05) is 13.8 Å². The summed E-state index contributed by atoms with van der Waals surface area (Å²) in [5.41, 5.74) is 12.1. The molecule has 2 aromatic rings. The molecule has 2 unspecified atom stereocenters. The van der Waals surface area contributed by atoms with Crippen LogP contribution in [0.3, 0.4) is 0 Å². The molecule has 0 radical (unpaired) electrons. The molecule has 60 heavy (non-hydrogen) atoms. The Balaban J connectivity index is 1.55. The summed E-state index contributed by atoms with van der Waals surface area (Å²) in [7, 11) is 8.64. The van der Waals surface area contributed by atoms with E-state index >= 15 is 0 Å². The van der Waals surface area contributed by atoms with Crippen LogP contribution in [0.2, 0.25) is 0 Å². The topological polar surface area (TPSA) is 173 Å². The number of piperidine rings is 2. The van der Waals surface area contributed by atoms with Gasteiger partial charge in [0.05, 0.1) is 17.9 Å². The van der Waals surface area contributed by atoms with Crippen molar-refractivity contribution in [1.82, 2.24) is 50.3 Å². The van der Waals surface area contributed by atoms with Gasteiger partial charge in [-0.05, 0) is 161 Å². The van der Waals surface area contributed by atoms with Crippen molar-refractivity contribution >= 4 is 23.8 Å². The lowest BCUT2D eigenvalue weighted by molar-refractivity contribution is 0.137. The molecule has 0 aliphatic carbocycles. The second-order valence-electron chi connectivity index (χ2n) is 21.2. The van der Waals surface area contributed by atoms with Crippen molar-refractivity contribution < 1.29 is 0 Å². The number of hydrogen-bond donors (Lipinski definition) is 4. The predicted octanol–water partition coefficient (Wildman–Crippen LogP) is 4.43. The number of nitrogens with zero attached hydrogens (tertiary/aromatic N) is 12. The Bertz CT molecular complexity index is 1620. The van der Waals surface area contributed by atoms with Crippen LogP contribution in [0.5, 0.6) is 0 Å². The smallest absolute Gasteiger partial charge is 0.231 e. The molecule has 3 fully saturated rings. The molecule has 340 valence electrons. The third-order valence-electron chi connectivity index (χ3n) is 13.1. The highest BCUT2D eigenvalue weighted by atomic mass is 15.5. The zero-order chi connectivity index (χ0) is 44.3. The fraction of sp³-hybridized carbons (Fsp3) is 0.864. The molecule has 0 amide bonds. The summed E-state index contributed by atoms with van der Waals surface area (Å²) >= 11 is 0. The van der Waals surface area contributed by atoms with Gasteiger partial charge in [-0.25, -0.2) is 19.9 Å². The Morgan fingerprint density at radius 1 is 0.633 bits per heavy atom. The molecule has 6 N–H and O–H groups in total. The Kier molecular flexibility index (Phi) is 15.3. The standard InChI is InChI=1S/C44H84N16/c1-15-34(55(11)12)59(32-25-40(3,4)53-41(5,6)26-32)38-49-30-47-36(51-38)57-23-24-58(44(29-57,19-17-21-45)20-18-22-46)37-48-31-50-39(52-37)60(35(16-2)56(13)14)33-27-42(7,8)54-43(9,10)28-33/h30-35,53-54H,15-29,45-46H2,1-14H3. The SMILES string of the molecule is CCC(N(C)C)N(c1ncnc(N2CCN(c3ncnc(N(C4CC(C)(C)NC(C)(C)C4)C(CC)N(C)C)n3)C(CCCN)(CCCN)C2)n1)C1CC(C)(C)NC(C)(C)C1. The lowest BCUT2D eigenvalue weighted by atomic mass is 9.79. The number of nitrogens with one attached hydrogen (secondary N) is 2. The summed E-state index contributed by atoms with van der Waals surface area (Å²) in [5, 5.41) is 7.76. The second kappa shape index (κ2) is 19.2. The van der Waals surface area contributed by atoms with E-state index < -0.39 is 0 Å². The van der Waals surface area contributed by atoms with E-state index in [9.17, 15) is 0 Å². The van der Waals surface area contributed by atoms with Crippen LogP contribution in [0.4, 0.5) is 23.8 Å². The van der Waals surface area contributed by atoms with Crippen LogP contribution in [0.25, 0.3) is 0 Å². The van der Waals surface area contributed by atoms with Crippen molar-refractivity contribution in [2.45, 2.75) is 186 Å². The molecule has 0 bridgehead atoms. The Labute approximate surface area is 363 Å². The highest BCUT2D eigenvalue weighted by Gasteiger charge is 2.47. The van der Waals surface area contributed by atoms with Crippen molar-refractivity contribution in [3.63, 3.8) is 0 Å². The molecule has 0 saturated carbocycles. The first-order valence-electron chi connectivity index (χ1n) is 22.9. The average Bonchev–Trinajstić information content (AvgIpc) is 3.14. The number of aromatic nitrogens is 6. The molecule has 16 heteroatoms. The van der Waals surface area contributed by atoms with E-state index in [2.05, 4.69) is 137 Å². The highest BCUT2D eigenvalue weighted by Crippen LogP contribution is 2.39. The minimum Gasteiger partial charge on any atom is -0.337 e. The Morgan fingerprint density at radius 3 is 1.42 bits per heavy atom. The van der Waals surface area contributed by atoms with Gasteiger partial charge >= 0.3 is 0 Å². The maximum absolute atomic E-state index is 6.30. The lowest BCUT2D eigenvalue weighted by Gasteiger charge is -2.53. The van der Waals surface area contributed by atoms with Gasteiger partial charge in [0.25, 0.3) is 0 Å². The van der Waals surface area contributed by atoms with E-state index in [1.807, 2.05) is 0 Å². The molecule has 2 atom stereocenters. The predicted molar refractivity (Wildman–Crippen MR) is 248 cm³/mol. The third kappa shape index (κ3) is 11.3. The number of rotatable bonds is 18. The summed E-state index contributed by atoms with van der Waals surface area (Å²) < 4.78 is 0. The van der Waals surface area contributed by atoms with Crippen LogP contribution in [-0.2, 0) is 0 Å². The summed E-state index contributed by atoms with van der Waals surface area (Å²) in [6, 6.07) is 0.470. The zero-order valence-corrected chi connectivity index (χ0v) is 40.1. The molecule has 0 spiro atoms. The normalized spacial score (nSPS) is 22.6. The van der Waals surface area contributed by atoms with E-state index in [1.54, 1.807) is 12.7 Å². The minimum absolute atomic E-state index is 0.0380. The number of anilines is 4. The molecule has 5 rings (SSSR count).